The van der Waals surface area contributed by atoms with Gasteiger partial charge in [-0.05, 0) is 25.0 Å². The first-order valence-corrected chi connectivity index (χ1v) is 7.47. The predicted molar refractivity (Wildman–Crippen MR) is 83.7 cm³/mol. The third-order valence-electron chi connectivity index (χ3n) is 3.74. The molecule has 4 heteroatoms. The summed E-state index contributed by atoms with van der Waals surface area (Å²) in [6, 6.07) is 3.51. The molecule has 1 atom stereocenters. The topological polar surface area (TPSA) is 44.8 Å². The van der Waals surface area contributed by atoms with Crippen LogP contribution in [-0.4, -0.2) is 27.1 Å². The minimum Gasteiger partial charge on any atom is -0.493 e. The standard InChI is InChI=1S/C17H26O4/c1-6-8-9-12(7-2)15(18)13-10-11-14(19-3)17(21-5)16(13)20-4/h10-12H,6-9H2,1-5H3. The number of Topliss-reactive ketones (excluding diaryl/α,β-unsaturated/α-hetero) is 1. The molecule has 0 aromatic heterocycles. The van der Waals surface area contributed by atoms with E-state index in [1.165, 1.54) is 0 Å². The smallest absolute Gasteiger partial charge is 0.204 e. The van der Waals surface area contributed by atoms with Gasteiger partial charge in [-0.1, -0.05) is 26.7 Å². The molecule has 1 aromatic carbocycles. The number of benzene rings is 1. The van der Waals surface area contributed by atoms with E-state index in [0.29, 0.717) is 22.8 Å². The van der Waals surface area contributed by atoms with Crippen molar-refractivity contribution in [2.24, 2.45) is 5.92 Å². The highest BCUT2D eigenvalue weighted by molar-refractivity contribution is 6.01. The Labute approximate surface area is 127 Å². The van der Waals surface area contributed by atoms with Crippen molar-refractivity contribution in [2.45, 2.75) is 39.5 Å². The Balaban J connectivity index is 3.19. The fourth-order valence-corrected chi connectivity index (χ4v) is 2.49. The van der Waals surface area contributed by atoms with E-state index in [0.717, 1.165) is 25.7 Å². The van der Waals surface area contributed by atoms with Gasteiger partial charge in [-0.3, -0.25) is 4.79 Å². The van der Waals surface area contributed by atoms with Crippen molar-refractivity contribution in [2.75, 3.05) is 21.3 Å². The minimum atomic E-state index is 0.0250. The van der Waals surface area contributed by atoms with Crippen LogP contribution in [0.3, 0.4) is 0 Å². The fraction of sp³-hybridized carbons (Fsp3) is 0.588. The van der Waals surface area contributed by atoms with Crippen LogP contribution < -0.4 is 14.2 Å². The highest BCUT2D eigenvalue weighted by Gasteiger charge is 2.25. The van der Waals surface area contributed by atoms with Crippen molar-refractivity contribution in [3.05, 3.63) is 17.7 Å². The summed E-state index contributed by atoms with van der Waals surface area (Å²) in [4.78, 5) is 12.8. The van der Waals surface area contributed by atoms with Crippen LogP contribution in [0.1, 0.15) is 49.9 Å². The van der Waals surface area contributed by atoms with E-state index >= 15 is 0 Å². The van der Waals surface area contributed by atoms with Gasteiger partial charge in [0.15, 0.2) is 17.3 Å². The van der Waals surface area contributed by atoms with Gasteiger partial charge in [-0.25, -0.2) is 0 Å². The lowest BCUT2D eigenvalue weighted by Crippen LogP contribution is -2.15. The summed E-state index contributed by atoms with van der Waals surface area (Å²) in [5, 5.41) is 0. The Morgan fingerprint density at radius 1 is 1.05 bits per heavy atom. The van der Waals surface area contributed by atoms with E-state index in [2.05, 4.69) is 6.92 Å². The van der Waals surface area contributed by atoms with Crippen LogP contribution in [-0.2, 0) is 0 Å². The maximum absolute atomic E-state index is 12.8. The molecule has 118 valence electrons. The fourth-order valence-electron chi connectivity index (χ4n) is 2.49. The maximum Gasteiger partial charge on any atom is 0.204 e. The number of ketones is 1. The molecular weight excluding hydrogens is 268 g/mol. The van der Waals surface area contributed by atoms with E-state index in [1.54, 1.807) is 33.5 Å². The van der Waals surface area contributed by atoms with E-state index in [4.69, 9.17) is 14.2 Å². The first-order valence-electron chi connectivity index (χ1n) is 7.47. The first kappa shape index (κ1) is 17.3. The molecule has 1 unspecified atom stereocenters. The number of methoxy groups -OCH3 is 3. The summed E-state index contributed by atoms with van der Waals surface area (Å²) in [7, 11) is 4.65. The normalized spacial score (nSPS) is 11.9. The molecule has 1 rings (SSSR count). The van der Waals surface area contributed by atoms with Gasteiger partial charge in [-0.2, -0.15) is 0 Å². The summed E-state index contributed by atoms with van der Waals surface area (Å²) < 4.78 is 16.0. The molecule has 0 aliphatic rings. The van der Waals surface area contributed by atoms with Crippen molar-refractivity contribution in [1.82, 2.24) is 0 Å². The summed E-state index contributed by atoms with van der Waals surface area (Å²) in [6.07, 6.45) is 3.88. The molecule has 0 heterocycles. The van der Waals surface area contributed by atoms with Crippen molar-refractivity contribution in [1.29, 1.82) is 0 Å². The largest absolute Gasteiger partial charge is 0.493 e. The van der Waals surface area contributed by atoms with Gasteiger partial charge in [0.2, 0.25) is 5.75 Å². The second kappa shape index (κ2) is 8.55. The summed E-state index contributed by atoms with van der Waals surface area (Å²) in [6.45, 7) is 4.18. The third kappa shape index (κ3) is 3.90. The number of carbonyl (C=O) groups excluding carboxylic acids is 1. The Hall–Kier alpha value is -1.71. The van der Waals surface area contributed by atoms with Gasteiger partial charge in [-0.15, -0.1) is 0 Å². The molecule has 0 aliphatic heterocycles. The van der Waals surface area contributed by atoms with Crippen LogP contribution in [0.2, 0.25) is 0 Å². The van der Waals surface area contributed by atoms with E-state index in [-0.39, 0.29) is 11.7 Å². The predicted octanol–water partition coefficient (Wildman–Crippen LogP) is 4.11. The monoisotopic (exact) mass is 294 g/mol. The summed E-state index contributed by atoms with van der Waals surface area (Å²) >= 11 is 0. The second-order valence-corrected chi connectivity index (χ2v) is 4.99. The number of rotatable bonds is 9. The van der Waals surface area contributed by atoms with Crippen LogP contribution in [0.25, 0.3) is 0 Å². The molecule has 0 amide bonds. The number of carbonyl (C=O) groups is 1. The van der Waals surface area contributed by atoms with Gasteiger partial charge >= 0.3 is 0 Å². The quantitative estimate of drug-likeness (QED) is 0.643. The highest BCUT2D eigenvalue weighted by Crippen LogP contribution is 2.41. The van der Waals surface area contributed by atoms with Crippen molar-refractivity contribution >= 4 is 5.78 Å². The first-order chi connectivity index (χ1) is 10.1. The molecule has 0 N–H and O–H groups in total. The molecule has 0 bridgehead atoms. The Kier molecular flexibility index (Phi) is 7.06. The molecule has 0 saturated carbocycles. The van der Waals surface area contributed by atoms with Gasteiger partial charge in [0.1, 0.15) is 0 Å². The molecular formula is C17H26O4. The van der Waals surface area contributed by atoms with E-state index in [9.17, 15) is 4.79 Å². The van der Waals surface area contributed by atoms with Crippen LogP contribution >= 0.6 is 0 Å². The SMILES string of the molecule is CCCCC(CC)C(=O)c1ccc(OC)c(OC)c1OC. The average Bonchev–Trinajstić information content (AvgIpc) is 2.53. The number of unbranched alkanes of at least 4 members (excludes halogenated alkanes) is 1. The molecule has 1 aromatic rings. The number of ether oxygens (including phenoxy) is 3. The lowest BCUT2D eigenvalue weighted by molar-refractivity contribution is 0.0904. The Morgan fingerprint density at radius 2 is 1.71 bits per heavy atom. The molecule has 0 spiro atoms. The highest BCUT2D eigenvalue weighted by atomic mass is 16.5. The Bertz CT molecular complexity index is 468. The summed E-state index contributed by atoms with van der Waals surface area (Å²) in [5.74, 6) is 1.63. The van der Waals surface area contributed by atoms with Crippen LogP contribution in [0.5, 0.6) is 17.2 Å². The zero-order valence-corrected chi connectivity index (χ0v) is 13.7. The maximum atomic E-state index is 12.8. The van der Waals surface area contributed by atoms with Gasteiger partial charge in [0, 0.05) is 5.92 Å². The molecule has 0 radical (unpaired) electrons. The zero-order chi connectivity index (χ0) is 15.8. The van der Waals surface area contributed by atoms with Crippen molar-refractivity contribution in [3.8, 4) is 17.2 Å². The average molecular weight is 294 g/mol. The van der Waals surface area contributed by atoms with Gasteiger partial charge in [0.25, 0.3) is 0 Å². The molecule has 21 heavy (non-hydrogen) atoms. The lowest BCUT2D eigenvalue weighted by Gasteiger charge is -2.18. The second-order valence-electron chi connectivity index (χ2n) is 4.99. The summed E-state index contributed by atoms with van der Waals surface area (Å²) in [5.41, 5.74) is 0.568. The van der Waals surface area contributed by atoms with Crippen LogP contribution in [0.15, 0.2) is 12.1 Å². The molecule has 4 nitrogen and oxygen atoms in total. The zero-order valence-electron chi connectivity index (χ0n) is 13.7. The lowest BCUT2D eigenvalue weighted by atomic mass is 9.90. The van der Waals surface area contributed by atoms with Crippen molar-refractivity contribution in [3.63, 3.8) is 0 Å². The van der Waals surface area contributed by atoms with Crippen molar-refractivity contribution < 1.29 is 19.0 Å². The molecule has 0 aliphatic carbocycles. The minimum absolute atomic E-state index is 0.0250. The van der Waals surface area contributed by atoms with E-state index in [1.807, 2.05) is 6.92 Å². The third-order valence-corrected chi connectivity index (χ3v) is 3.74. The van der Waals surface area contributed by atoms with Gasteiger partial charge < -0.3 is 14.2 Å². The van der Waals surface area contributed by atoms with Crippen LogP contribution in [0, 0.1) is 5.92 Å². The number of hydrogen-bond donors (Lipinski definition) is 0. The molecule has 0 fully saturated rings. The Morgan fingerprint density at radius 3 is 2.19 bits per heavy atom. The van der Waals surface area contributed by atoms with Crippen LogP contribution in [0.4, 0.5) is 0 Å². The number of hydrogen-bond acceptors (Lipinski definition) is 4. The van der Waals surface area contributed by atoms with Gasteiger partial charge in [0.05, 0.1) is 26.9 Å². The molecule has 0 saturated heterocycles. The van der Waals surface area contributed by atoms with E-state index < -0.39 is 0 Å².